The van der Waals surface area contributed by atoms with Gasteiger partial charge in [0.15, 0.2) is 0 Å². The second-order valence-corrected chi connectivity index (χ2v) is 8.39. The highest BCUT2D eigenvalue weighted by atomic mass is 35.5. The van der Waals surface area contributed by atoms with Gasteiger partial charge in [-0.3, -0.25) is 9.59 Å². The Hall–Kier alpha value is -3.59. The molecule has 10 heteroatoms. The van der Waals surface area contributed by atoms with Crippen LogP contribution in [0, 0.1) is 5.92 Å². The molecule has 1 aromatic heterocycles. The molecular weight excluding hydrogens is 475 g/mol. The zero-order valence-corrected chi connectivity index (χ0v) is 18.1. The zero-order valence-electron chi connectivity index (χ0n) is 17.4. The molecule has 0 aliphatic heterocycles. The number of nitrogens with one attached hydrogen (secondary N) is 1. The lowest BCUT2D eigenvalue weighted by molar-refractivity contribution is -0.142. The highest BCUT2D eigenvalue weighted by Crippen LogP contribution is 2.41. The number of aromatic carboxylic acids is 1. The number of halogens is 4. The number of carbonyl (C=O) groups is 3. The van der Waals surface area contributed by atoms with Gasteiger partial charge in [0.05, 0.1) is 33.3 Å². The summed E-state index contributed by atoms with van der Waals surface area (Å²) in [6, 6.07) is 8.63. The van der Waals surface area contributed by atoms with Crippen molar-refractivity contribution in [3.63, 3.8) is 0 Å². The first kappa shape index (κ1) is 23.6. The predicted molar refractivity (Wildman–Crippen MR) is 116 cm³/mol. The van der Waals surface area contributed by atoms with E-state index in [1.807, 2.05) is 0 Å². The molecule has 1 aliphatic carbocycles. The minimum absolute atomic E-state index is 0.00238. The third kappa shape index (κ3) is 4.19. The van der Waals surface area contributed by atoms with Crippen molar-refractivity contribution in [1.29, 1.82) is 0 Å². The summed E-state index contributed by atoms with van der Waals surface area (Å²) in [5.74, 6) is -3.86. The van der Waals surface area contributed by atoms with Gasteiger partial charge in [-0.15, -0.1) is 0 Å². The van der Waals surface area contributed by atoms with Gasteiger partial charge in [-0.05, 0) is 48.2 Å². The number of rotatable bonds is 5. The smallest absolute Gasteiger partial charge is 0.417 e. The SMILES string of the molecule is O=C(O)c1ccc(-c2c(C(=O)c3c(Cl)cccc3C(F)(F)F)[nH]c3c2CCC(C(=O)O)C3)cc1. The number of ketones is 1. The van der Waals surface area contributed by atoms with E-state index < -0.39 is 40.9 Å². The Bertz CT molecular complexity index is 1310. The average Bonchev–Trinajstić information content (AvgIpc) is 3.16. The number of aromatic nitrogens is 1. The Labute approximate surface area is 196 Å². The minimum atomic E-state index is -4.83. The van der Waals surface area contributed by atoms with Crippen molar-refractivity contribution in [1.82, 2.24) is 4.98 Å². The molecule has 6 nitrogen and oxygen atoms in total. The van der Waals surface area contributed by atoms with Crippen LogP contribution in [0.4, 0.5) is 13.2 Å². The van der Waals surface area contributed by atoms with Crippen LogP contribution >= 0.6 is 11.6 Å². The number of benzene rings is 2. The first-order valence-corrected chi connectivity index (χ1v) is 10.6. The van der Waals surface area contributed by atoms with Crippen LogP contribution < -0.4 is 0 Å². The van der Waals surface area contributed by atoms with Gasteiger partial charge < -0.3 is 15.2 Å². The van der Waals surface area contributed by atoms with E-state index in [0.29, 0.717) is 22.4 Å². The lowest BCUT2D eigenvalue weighted by Gasteiger charge is -2.19. The van der Waals surface area contributed by atoms with Crippen molar-refractivity contribution >= 4 is 29.3 Å². The van der Waals surface area contributed by atoms with Gasteiger partial charge in [-0.1, -0.05) is 29.8 Å². The summed E-state index contributed by atoms with van der Waals surface area (Å²) in [6.45, 7) is 0. The Morgan fingerprint density at radius 3 is 2.29 bits per heavy atom. The van der Waals surface area contributed by atoms with Crippen LogP contribution in [0.15, 0.2) is 42.5 Å². The van der Waals surface area contributed by atoms with Crippen molar-refractivity contribution in [2.75, 3.05) is 0 Å². The number of fused-ring (bicyclic) bond motifs is 1. The van der Waals surface area contributed by atoms with Crippen LogP contribution in [-0.2, 0) is 23.8 Å². The molecule has 0 amide bonds. The van der Waals surface area contributed by atoms with Crippen LogP contribution in [0.25, 0.3) is 11.1 Å². The van der Waals surface area contributed by atoms with E-state index >= 15 is 0 Å². The molecule has 0 fully saturated rings. The first-order chi connectivity index (χ1) is 16.0. The van der Waals surface area contributed by atoms with Crippen LogP contribution in [0.5, 0.6) is 0 Å². The number of hydrogen-bond donors (Lipinski definition) is 3. The lowest BCUT2D eigenvalue weighted by Crippen LogP contribution is -2.22. The highest BCUT2D eigenvalue weighted by Gasteiger charge is 2.38. The Morgan fingerprint density at radius 2 is 1.71 bits per heavy atom. The Morgan fingerprint density at radius 1 is 1.03 bits per heavy atom. The average molecular weight is 492 g/mol. The Kier molecular flexibility index (Phi) is 5.99. The normalized spacial score (nSPS) is 15.6. The third-order valence-electron chi connectivity index (χ3n) is 5.93. The number of carboxylic acids is 2. The fourth-order valence-corrected chi connectivity index (χ4v) is 4.56. The van der Waals surface area contributed by atoms with Crippen LogP contribution in [-0.4, -0.2) is 32.9 Å². The van der Waals surface area contributed by atoms with E-state index in [1.54, 1.807) is 0 Å². The molecule has 176 valence electrons. The molecule has 0 saturated heterocycles. The molecule has 0 spiro atoms. The number of hydrogen-bond acceptors (Lipinski definition) is 3. The van der Waals surface area contributed by atoms with E-state index in [1.165, 1.54) is 30.3 Å². The number of H-pyrrole nitrogens is 1. The molecule has 1 unspecified atom stereocenters. The summed E-state index contributed by atoms with van der Waals surface area (Å²) >= 11 is 6.05. The topological polar surface area (TPSA) is 107 Å². The molecule has 0 radical (unpaired) electrons. The van der Waals surface area contributed by atoms with Crippen molar-refractivity contribution in [3.8, 4) is 11.1 Å². The van der Waals surface area contributed by atoms with E-state index in [9.17, 15) is 37.8 Å². The van der Waals surface area contributed by atoms with Gasteiger partial charge in [0.2, 0.25) is 5.78 Å². The highest BCUT2D eigenvalue weighted by molar-refractivity contribution is 6.35. The number of carboxylic acid groups (broad SMARTS) is 2. The van der Waals surface area contributed by atoms with Crippen LogP contribution in [0.1, 0.15) is 49.7 Å². The van der Waals surface area contributed by atoms with Gasteiger partial charge in [-0.2, -0.15) is 13.2 Å². The summed E-state index contributed by atoms with van der Waals surface area (Å²) in [4.78, 5) is 39.1. The van der Waals surface area contributed by atoms with Crippen molar-refractivity contribution in [2.45, 2.75) is 25.4 Å². The lowest BCUT2D eigenvalue weighted by atomic mass is 9.84. The maximum Gasteiger partial charge on any atom is 0.417 e. The number of aromatic amines is 1. The van der Waals surface area contributed by atoms with E-state index in [-0.39, 0.29) is 35.5 Å². The zero-order chi connectivity index (χ0) is 24.8. The first-order valence-electron chi connectivity index (χ1n) is 10.2. The predicted octanol–water partition coefficient (Wildman–Crippen LogP) is 5.47. The van der Waals surface area contributed by atoms with Crippen molar-refractivity contribution in [3.05, 3.63) is 81.1 Å². The molecule has 3 aromatic rings. The second kappa shape index (κ2) is 8.64. The largest absolute Gasteiger partial charge is 0.481 e. The molecule has 0 saturated carbocycles. The van der Waals surface area contributed by atoms with Gasteiger partial charge in [-0.25, -0.2) is 4.79 Å². The monoisotopic (exact) mass is 491 g/mol. The number of alkyl halides is 3. The summed E-state index contributed by atoms with van der Waals surface area (Å²) < 4.78 is 41.0. The standard InChI is InChI=1S/C24H17ClF3NO5/c25-16-3-1-2-15(24(26,27)28)19(16)21(30)20-18(11-4-6-12(7-5-11)22(31)32)14-9-8-13(23(33)34)10-17(14)29-20/h1-7,13,29H,8-10H2,(H,31,32)(H,33,34). The quantitative estimate of drug-likeness (QED) is 0.410. The van der Waals surface area contributed by atoms with Gasteiger partial charge in [0, 0.05) is 17.7 Å². The third-order valence-corrected chi connectivity index (χ3v) is 6.24. The fraction of sp³-hybridized carbons (Fsp3) is 0.208. The summed E-state index contributed by atoms with van der Waals surface area (Å²) in [7, 11) is 0. The molecule has 1 aliphatic rings. The number of carbonyl (C=O) groups excluding carboxylic acids is 1. The second-order valence-electron chi connectivity index (χ2n) is 7.98. The van der Waals surface area contributed by atoms with Crippen molar-refractivity contribution in [2.24, 2.45) is 5.92 Å². The maximum absolute atomic E-state index is 13.7. The van der Waals surface area contributed by atoms with E-state index in [0.717, 1.165) is 12.1 Å². The summed E-state index contributed by atoms with van der Waals surface area (Å²) in [6.07, 6.45) is -4.19. The molecule has 2 aromatic carbocycles. The van der Waals surface area contributed by atoms with E-state index in [4.69, 9.17) is 11.6 Å². The number of aliphatic carboxylic acids is 1. The molecule has 4 rings (SSSR count). The molecular formula is C24H17ClF3NO5. The van der Waals surface area contributed by atoms with Crippen LogP contribution in [0.2, 0.25) is 5.02 Å². The van der Waals surface area contributed by atoms with Crippen LogP contribution in [0.3, 0.4) is 0 Å². The van der Waals surface area contributed by atoms with Gasteiger partial charge in [0.1, 0.15) is 0 Å². The molecule has 1 heterocycles. The summed E-state index contributed by atoms with van der Waals surface area (Å²) in [5.41, 5.74) is -0.268. The summed E-state index contributed by atoms with van der Waals surface area (Å²) in [5, 5.41) is 18.2. The van der Waals surface area contributed by atoms with Crippen molar-refractivity contribution < 1.29 is 37.8 Å². The molecule has 1 atom stereocenters. The fourth-order valence-electron chi connectivity index (χ4n) is 4.30. The molecule has 3 N–H and O–H groups in total. The minimum Gasteiger partial charge on any atom is -0.481 e. The van der Waals surface area contributed by atoms with E-state index in [2.05, 4.69) is 4.98 Å². The van der Waals surface area contributed by atoms with Gasteiger partial charge in [0.25, 0.3) is 0 Å². The Balaban J connectivity index is 1.92. The maximum atomic E-state index is 13.7. The van der Waals surface area contributed by atoms with Gasteiger partial charge >= 0.3 is 18.1 Å². The molecule has 0 bridgehead atoms. The molecule has 34 heavy (non-hydrogen) atoms.